The number of carboxylic acids is 1. The predicted molar refractivity (Wildman–Crippen MR) is 74.2 cm³/mol. The van der Waals surface area contributed by atoms with Gasteiger partial charge in [0.15, 0.2) is 0 Å². The van der Waals surface area contributed by atoms with E-state index in [1.807, 2.05) is 19.1 Å². The van der Waals surface area contributed by atoms with Gasteiger partial charge in [-0.1, -0.05) is 18.9 Å². The molecule has 108 valence electrons. The number of pyridine rings is 1. The molecule has 0 aromatic carbocycles. The molecule has 1 aromatic heterocycles. The van der Waals surface area contributed by atoms with E-state index >= 15 is 0 Å². The van der Waals surface area contributed by atoms with Crippen LogP contribution >= 0.6 is 0 Å². The fraction of sp³-hybridized carbons (Fsp3) is 0.533. The molecule has 1 saturated carbocycles. The van der Waals surface area contributed by atoms with Crippen LogP contribution in [0.3, 0.4) is 0 Å². The third-order valence-electron chi connectivity index (χ3n) is 3.88. The maximum atomic E-state index is 12.1. The number of hydrogen-bond acceptors (Lipinski definition) is 3. The van der Waals surface area contributed by atoms with Crippen molar-refractivity contribution < 1.29 is 14.7 Å². The summed E-state index contributed by atoms with van der Waals surface area (Å²) in [4.78, 5) is 27.4. The Hall–Kier alpha value is -1.91. The van der Waals surface area contributed by atoms with Gasteiger partial charge in [0.2, 0.25) is 5.91 Å². The molecule has 0 bridgehead atoms. The molecule has 2 atom stereocenters. The Kier molecular flexibility index (Phi) is 4.71. The first-order chi connectivity index (χ1) is 9.58. The van der Waals surface area contributed by atoms with Crippen LogP contribution in [0.5, 0.6) is 0 Å². The van der Waals surface area contributed by atoms with Gasteiger partial charge in [0.05, 0.1) is 18.0 Å². The fourth-order valence-corrected chi connectivity index (χ4v) is 2.71. The Morgan fingerprint density at radius 1 is 1.40 bits per heavy atom. The molecule has 1 aliphatic carbocycles. The Bertz CT molecular complexity index is 502. The van der Waals surface area contributed by atoms with Crippen LogP contribution in [0.25, 0.3) is 0 Å². The Morgan fingerprint density at radius 3 is 2.85 bits per heavy atom. The fourth-order valence-electron chi connectivity index (χ4n) is 2.71. The third-order valence-corrected chi connectivity index (χ3v) is 3.88. The second-order valence-electron chi connectivity index (χ2n) is 5.35. The van der Waals surface area contributed by atoms with E-state index in [-0.39, 0.29) is 18.4 Å². The number of nitrogens with zero attached hydrogens (tertiary/aromatic N) is 1. The van der Waals surface area contributed by atoms with Gasteiger partial charge in [0.1, 0.15) is 0 Å². The molecule has 1 aliphatic rings. The molecule has 5 nitrogen and oxygen atoms in total. The van der Waals surface area contributed by atoms with Crippen molar-refractivity contribution in [2.24, 2.45) is 5.92 Å². The molecule has 1 fully saturated rings. The number of hydrogen-bond donors (Lipinski definition) is 2. The van der Waals surface area contributed by atoms with Crippen LogP contribution in [0.1, 0.15) is 36.9 Å². The summed E-state index contributed by atoms with van der Waals surface area (Å²) in [5.41, 5.74) is 1.72. The van der Waals surface area contributed by atoms with Crippen molar-refractivity contribution in [3.63, 3.8) is 0 Å². The molecule has 1 heterocycles. The van der Waals surface area contributed by atoms with Gasteiger partial charge < -0.3 is 10.4 Å². The van der Waals surface area contributed by atoms with Gasteiger partial charge in [0, 0.05) is 12.2 Å². The first-order valence-electron chi connectivity index (χ1n) is 7.00. The molecule has 2 N–H and O–H groups in total. The van der Waals surface area contributed by atoms with Gasteiger partial charge in [-0.15, -0.1) is 0 Å². The summed E-state index contributed by atoms with van der Waals surface area (Å²) in [5.74, 6) is -1.42. The molecule has 2 unspecified atom stereocenters. The van der Waals surface area contributed by atoms with E-state index in [1.54, 1.807) is 6.20 Å². The van der Waals surface area contributed by atoms with Crippen molar-refractivity contribution in [1.29, 1.82) is 0 Å². The molecular weight excluding hydrogens is 256 g/mol. The van der Waals surface area contributed by atoms with E-state index in [2.05, 4.69) is 10.3 Å². The number of nitrogens with one attached hydrogen (secondary N) is 1. The Morgan fingerprint density at radius 2 is 2.15 bits per heavy atom. The van der Waals surface area contributed by atoms with E-state index < -0.39 is 11.9 Å². The standard InChI is InChI=1S/C15H20N2O3/c1-10-5-4-8-16-13(10)9-14(18)17-12-7-3-2-6-11(12)15(19)20/h4-5,8,11-12H,2-3,6-7,9H2,1H3,(H,17,18)(H,19,20). The summed E-state index contributed by atoms with van der Waals surface area (Å²) in [5, 5.41) is 12.1. The highest BCUT2D eigenvalue weighted by molar-refractivity contribution is 5.80. The van der Waals surface area contributed by atoms with Crippen LogP contribution in [-0.4, -0.2) is 28.0 Å². The molecule has 1 amide bonds. The summed E-state index contributed by atoms with van der Waals surface area (Å²) in [7, 11) is 0. The summed E-state index contributed by atoms with van der Waals surface area (Å²) < 4.78 is 0. The second kappa shape index (κ2) is 6.50. The molecule has 2 rings (SSSR count). The lowest BCUT2D eigenvalue weighted by atomic mass is 9.84. The number of amides is 1. The van der Waals surface area contributed by atoms with Gasteiger partial charge in [-0.3, -0.25) is 14.6 Å². The minimum Gasteiger partial charge on any atom is -0.481 e. The van der Waals surface area contributed by atoms with Gasteiger partial charge in [0.25, 0.3) is 0 Å². The molecule has 1 aromatic rings. The van der Waals surface area contributed by atoms with E-state index in [9.17, 15) is 14.7 Å². The van der Waals surface area contributed by atoms with Gasteiger partial charge in [-0.25, -0.2) is 0 Å². The quantitative estimate of drug-likeness (QED) is 0.877. The lowest BCUT2D eigenvalue weighted by molar-refractivity contribution is -0.144. The van der Waals surface area contributed by atoms with Crippen LogP contribution in [-0.2, 0) is 16.0 Å². The number of aromatic nitrogens is 1. The van der Waals surface area contributed by atoms with Gasteiger partial charge >= 0.3 is 5.97 Å². The van der Waals surface area contributed by atoms with Gasteiger partial charge in [-0.2, -0.15) is 0 Å². The molecule has 0 saturated heterocycles. The number of carbonyl (C=O) groups is 2. The van der Waals surface area contributed by atoms with E-state index in [4.69, 9.17) is 0 Å². The number of aliphatic carboxylic acids is 1. The second-order valence-corrected chi connectivity index (χ2v) is 5.35. The van der Waals surface area contributed by atoms with Crippen LogP contribution in [0.4, 0.5) is 0 Å². The Labute approximate surface area is 118 Å². The van der Waals surface area contributed by atoms with E-state index in [0.717, 1.165) is 30.5 Å². The lowest BCUT2D eigenvalue weighted by Crippen LogP contribution is -2.45. The van der Waals surface area contributed by atoms with Gasteiger partial charge in [-0.05, 0) is 31.4 Å². The first kappa shape index (κ1) is 14.5. The minimum atomic E-state index is -0.816. The van der Waals surface area contributed by atoms with Crippen molar-refractivity contribution in [1.82, 2.24) is 10.3 Å². The van der Waals surface area contributed by atoms with Crippen LogP contribution in [0, 0.1) is 12.8 Å². The van der Waals surface area contributed by atoms with Crippen LogP contribution < -0.4 is 5.32 Å². The summed E-state index contributed by atoms with van der Waals surface area (Å²) in [6, 6.07) is 3.49. The zero-order valence-electron chi connectivity index (χ0n) is 11.6. The van der Waals surface area contributed by atoms with Crippen LogP contribution in [0.2, 0.25) is 0 Å². The summed E-state index contributed by atoms with van der Waals surface area (Å²) >= 11 is 0. The molecule has 5 heteroatoms. The van der Waals surface area contributed by atoms with Crippen molar-refractivity contribution in [2.75, 3.05) is 0 Å². The SMILES string of the molecule is Cc1cccnc1CC(=O)NC1CCCCC1C(=O)O. The van der Waals surface area contributed by atoms with Crippen LogP contribution in [0.15, 0.2) is 18.3 Å². The summed E-state index contributed by atoms with van der Waals surface area (Å²) in [6.07, 6.45) is 5.14. The number of carbonyl (C=O) groups excluding carboxylic acids is 1. The topological polar surface area (TPSA) is 79.3 Å². The average molecular weight is 276 g/mol. The molecule has 0 aliphatic heterocycles. The first-order valence-corrected chi connectivity index (χ1v) is 7.00. The molecule has 0 spiro atoms. The third kappa shape index (κ3) is 3.56. The predicted octanol–water partition coefficient (Wildman–Crippen LogP) is 1.69. The summed E-state index contributed by atoms with van der Waals surface area (Å²) in [6.45, 7) is 1.91. The van der Waals surface area contributed by atoms with Crippen molar-refractivity contribution in [2.45, 2.75) is 45.1 Å². The highest BCUT2D eigenvalue weighted by Crippen LogP contribution is 2.24. The Balaban J connectivity index is 1.96. The minimum absolute atomic E-state index is 0.148. The van der Waals surface area contributed by atoms with Crippen molar-refractivity contribution in [3.05, 3.63) is 29.6 Å². The largest absolute Gasteiger partial charge is 0.481 e. The highest BCUT2D eigenvalue weighted by atomic mass is 16.4. The maximum absolute atomic E-state index is 12.1. The normalized spacial score (nSPS) is 22.2. The number of carboxylic acid groups (broad SMARTS) is 1. The van der Waals surface area contributed by atoms with Crippen molar-refractivity contribution in [3.8, 4) is 0 Å². The number of rotatable bonds is 4. The monoisotopic (exact) mass is 276 g/mol. The molecule has 20 heavy (non-hydrogen) atoms. The van der Waals surface area contributed by atoms with E-state index in [0.29, 0.717) is 6.42 Å². The zero-order chi connectivity index (χ0) is 14.5. The lowest BCUT2D eigenvalue weighted by Gasteiger charge is -2.29. The maximum Gasteiger partial charge on any atom is 0.308 e. The van der Waals surface area contributed by atoms with E-state index in [1.165, 1.54) is 0 Å². The highest BCUT2D eigenvalue weighted by Gasteiger charge is 2.31. The molecular formula is C15H20N2O3. The van der Waals surface area contributed by atoms with Crippen molar-refractivity contribution >= 4 is 11.9 Å². The number of aryl methyl sites for hydroxylation is 1. The zero-order valence-corrected chi connectivity index (χ0v) is 11.6. The average Bonchev–Trinajstić information content (AvgIpc) is 2.41. The smallest absolute Gasteiger partial charge is 0.308 e. The molecule has 0 radical (unpaired) electrons.